The van der Waals surface area contributed by atoms with E-state index >= 15 is 0 Å². The maximum atomic E-state index is 14.0. The number of rotatable bonds is 11. The zero-order chi connectivity index (χ0) is 27.0. The monoisotopic (exact) mass is 585 g/mol. The average Bonchev–Trinajstić information content (AvgIpc) is 2.86. The number of nitrogens with one attached hydrogen (secondary N) is 1. The first-order valence-electron chi connectivity index (χ1n) is 12.0. The number of para-hydroxylation sites is 1. The molecule has 1 N–H and O–H groups in total. The summed E-state index contributed by atoms with van der Waals surface area (Å²) in [6.45, 7) is 3.89. The molecule has 0 aliphatic rings. The van der Waals surface area contributed by atoms with Crippen molar-refractivity contribution in [3.8, 4) is 0 Å². The summed E-state index contributed by atoms with van der Waals surface area (Å²) in [4.78, 5) is 28.8. The molecule has 37 heavy (non-hydrogen) atoms. The molecule has 3 aromatic rings. The smallest absolute Gasteiger partial charge is 0.244 e. The van der Waals surface area contributed by atoms with Gasteiger partial charge in [-0.3, -0.25) is 13.9 Å². The molecule has 0 heterocycles. The van der Waals surface area contributed by atoms with Gasteiger partial charge in [0.25, 0.3) is 0 Å². The van der Waals surface area contributed by atoms with Crippen molar-refractivity contribution in [1.29, 1.82) is 0 Å². The van der Waals surface area contributed by atoms with E-state index in [0.717, 1.165) is 27.3 Å². The molecule has 3 rings (SSSR count). The Labute approximate surface area is 227 Å². The lowest BCUT2D eigenvalue weighted by molar-refractivity contribution is -0.140. The third-order valence-electron chi connectivity index (χ3n) is 6.02. The fraction of sp³-hybridized carbons (Fsp3) is 0.286. The lowest BCUT2D eigenvalue weighted by Crippen LogP contribution is -2.53. The summed E-state index contributed by atoms with van der Waals surface area (Å²) in [7, 11) is -3.81. The molecule has 2 amide bonds. The van der Waals surface area contributed by atoms with E-state index in [4.69, 9.17) is 0 Å². The first-order chi connectivity index (χ1) is 17.6. The lowest BCUT2D eigenvalue weighted by Gasteiger charge is -2.34. The molecule has 3 aromatic carbocycles. The molecule has 0 fully saturated rings. The average molecular weight is 587 g/mol. The highest BCUT2D eigenvalue weighted by atomic mass is 79.9. The third-order valence-corrected chi connectivity index (χ3v) is 7.82. The Bertz CT molecular complexity index is 1330. The number of anilines is 1. The molecule has 9 heteroatoms. The van der Waals surface area contributed by atoms with Gasteiger partial charge in [0.1, 0.15) is 12.6 Å². The molecule has 0 spiro atoms. The number of carbonyl (C=O) groups is 2. The van der Waals surface area contributed by atoms with Crippen LogP contribution in [-0.2, 0) is 32.6 Å². The lowest BCUT2D eigenvalue weighted by atomic mass is 10.0. The zero-order valence-corrected chi connectivity index (χ0v) is 23.6. The Morgan fingerprint density at radius 2 is 1.57 bits per heavy atom. The summed E-state index contributed by atoms with van der Waals surface area (Å²) in [5.41, 5.74) is 3.10. The van der Waals surface area contributed by atoms with Gasteiger partial charge < -0.3 is 10.2 Å². The predicted octanol–water partition coefficient (Wildman–Crippen LogP) is 4.30. The van der Waals surface area contributed by atoms with Gasteiger partial charge in [-0.15, -0.1) is 0 Å². The van der Waals surface area contributed by atoms with E-state index < -0.39 is 28.5 Å². The van der Waals surface area contributed by atoms with Gasteiger partial charge in [0.2, 0.25) is 21.8 Å². The minimum Gasteiger partial charge on any atom is -0.355 e. The second-order valence-corrected chi connectivity index (χ2v) is 11.5. The summed E-state index contributed by atoms with van der Waals surface area (Å²) in [5, 5.41) is 2.85. The van der Waals surface area contributed by atoms with Gasteiger partial charge in [-0.2, -0.15) is 0 Å². The molecule has 196 valence electrons. The van der Waals surface area contributed by atoms with E-state index in [1.54, 1.807) is 24.3 Å². The summed E-state index contributed by atoms with van der Waals surface area (Å²) >= 11 is 3.40. The fourth-order valence-corrected chi connectivity index (χ4v) is 5.54. The Morgan fingerprint density at radius 3 is 2.19 bits per heavy atom. The number of benzene rings is 3. The minimum absolute atomic E-state index is 0.160. The third kappa shape index (κ3) is 7.66. The second-order valence-electron chi connectivity index (χ2n) is 8.77. The van der Waals surface area contributed by atoms with Crippen LogP contribution in [0.3, 0.4) is 0 Å². The SMILES string of the molecule is CCNC(=O)C(Cc1ccccc1)N(Cc1ccccc1C)C(=O)CN(c1ccccc1Br)S(C)(=O)=O. The number of amides is 2. The van der Waals surface area contributed by atoms with E-state index in [2.05, 4.69) is 21.2 Å². The minimum atomic E-state index is -3.81. The summed E-state index contributed by atoms with van der Waals surface area (Å²) in [5.74, 6) is -0.767. The number of aryl methyl sites for hydroxylation is 1. The van der Waals surface area contributed by atoms with Gasteiger partial charge >= 0.3 is 0 Å². The van der Waals surface area contributed by atoms with Crippen LogP contribution in [0, 0.1) is 6.92 Å². The first kappa shape index (κ1) is 28.4. The molecule has 7 nitrogen and oxygen atoms in total. The number of likely N-dealkylation sites (N-methyl/N-ethyl adjacent to an activating group) is 1. The van der Waals surface area contributed by atoms with Crippen LogP contribution < -0.4 is 9.62 Å². The summed E-state index contributed by atoms with van der Waals surface area (Å²) in [6.07, 6.45) is 1.36. The number of carbonyl (C=O) groups excluding carboxylic acids is 2. The van der Waals surface area contributed by atoms with Crippen molar-refractivity contribution < 1.29 is 18.0 Å². The molecule has 1 atom stereocenters. The molecular weight excluding hydrogens is 554 g/mol. The molecule has 0 aliphatic carbocycles. The van der Waals surface area contributed by atoms with Crippen LogP contribution in [0.5, 0.6) is 0 Å². The van der Waals surface area contributed by atoms with Gasteiger partial charge in [-0.05, 0) is 58.6 Å². The van der Waals surface area contributed by atoms with Crippen molar-refractivity contribution in [2.24, 2.45) is 0 Å². The molecule has 0 aromatic heterocycles. The standard InChI is InChI=1S/C28H32BrN3O4S/c1-4-30-28(34)26(18-22-13-6-5-7-14-22)31(19-23-15-9-8-12-21(23)2)27(33)20-32(37(3,35)36)25-17-11-10-16-24(25)29/h5-17,26H,4,18-20H2,1-3H3,(H,30,34). The van der Waals surface area contributed by atoms with E-state index in [1.165, 1.54) is 4.90 Å². The van der Waals surface area contributed by atoms with Crippen LogP contribution in [0.25, 0.3) is 0 Å². The van der Waals surface area contributed by atoms with Gasteiger partial charge in [0.05, 0.1) is 11.9 Å². The van der Waals surface area contributed by atoms with Crippen molar-refractivity contribution in [2.75, 3.05) is 23.7 Å². The Hall–Kier alpha value is -3.17. The van der Waals surface area contributed by atoms with Crippen LogP contribution in [0.1, 0.15) is 23.6 Å². The Morgan fingerprint density at radius 1 is 0.946 bits per heavy atom. The topological polar surface area (TPSA) is 86.8 Å². The largest absolute Gasteiger partial charge is 0.355 e. The van der Waals surface area contributed by atoms with Crippen molar-refractivity contribution in [1.82, 2.24) is 10.2 Å². The molecule has 0 saturated heterocycles. The molecule has 0 aliphatic heterocycles. The van der Waals surface area contributed by atoms with Crippen LogP contribution >= 0.6 is 15.9 Å². The van der Waals surface area contributed by atoms with Gasteiger partial charge in [0.15, 0.2) is 0 Å². The maximum Gasteiger partial charge on any atom is 0.244 e. The Kier molecular flexibility index (Phi) is 9.88. The van der Waals surface area contributed by atoms with Gasteiger partial charge in [-0.25, -0.2) is 8.42 Å². The summed E-state index contributed by atoms with van der Waals surface area (Å²) in [6, 6.07) is 23.1. The van der Waals surface area contributed by atoms with Crippen LogP contribution in [0.2, 0.25) is 0 Å². The van der Waals surface area contributed by atoms with Crippen molar-refractivity contribution in [3.63, 3.8) is 0 Å². The first-order valence-corrected chi connectivity index (χ1v) is 14.6. The van der Waals surface area contributed by atoms with E-state index in [1.807, 2.05) is 68.4 Å². The van der Waals surface area contributed by atoms with Crippen LogP contribution in [-0.4, -0.2) is 50.5 Å². The van der Waals surface area contributed by atoms with Gasteiger partial charge in [-0.1, -0.05) is 66.7 Å². The molecule has 1 unspecified atom stereocenters. The highest BCUT2D eigenvalue weighted by Gasteiger charge is 2.33. The van der Waals surface area contributed by atoms with Crippen LogP contribution in [0.4, 0.5) is 5.69 Å². The zero-order valence-electron chi connectivity index (χ0n) is 21.2. The van der Waals surface area contributed by atoms with E-state index in [0.29, 0.717) is 16.7 Å². The molecular formula is C28H32BrN3O4S. The maximum absolute atomic E-state index is 14.0. The highest BCUT2D eigenvalue weighted by molar-refractivity contribution is 9.10. The van der Waals surface area contributed by atoms with E-state index in [-0.39, 0.29) is 18.9 Å². The summed E-state index contributed by atoms with van der Waals surface area (Å²) < 4.78 is 27.2. The molecule has 0 bridgehead atoms. The number of hydrogen-bond acceptors (Lipinski definition) is 4. The van der Waals surface area contributed by atoms with E-state index in [9.17, 15) is 18.0 Å². The second kappa shape index (κ2) is 12.9. The van der Waals surface area contributed by atoms with Crippen LogP contribution in [0.15, 0.2) is 83.3 Å². The number of hydrogen-bond donors (Lipinski definition) is 1. The number of sulfonamides is 1. The Balaban J connectivity index is 2.06. The predicted molar refractivity (Wildman–Crippen MR) is 151 cm³/mol. The van der Waals surface area contributed by atoms with Gasteiger partial charge in [0, 0.05) is 24.0 Å². The van der Waals surface area contributed by atoms with Crippen molar-refractivity contribution in [2.45, 2.75) is 32.9 Å². The van der Waals surface area contributed by atoms with Crippen molar-refractivity contribution in [3.05, 3.63) is 100 Å². The number of nitrogens with zero attached hydrogens (tertiary/aromatic N) is 2. The molecule has 0 radical (unpaired) electrons. The fourth-order valence-electron chi connectivity index (χ4n) is 4.07. The molecule has 0 saturated carbocycles. The normalized spacial score (nSPS) is 12.0. The highest BCUT2D eigenvalue weighted by Crippen LogP contribution is 2.28. The quantitative estimate of drug-likeness (QED) is 0.363. The number of halogens is 1. The van der Waals surface area contributed by atoms with Crippen molar-refractivity contribution >= 4 is 43.5 Å².